The molecule has 0 spiro atoms. The normalized spacial score (nSPS) is 14.8. The van der Waals surface area contributed by atoms with Gasteiger partial charge in [0.25, 0.3) is 0 Å². The molecule has 3 rings (SSSR count). The second-order valence-electron chi connectivity index (χ2n) is 6.58. The van der Waals surface area contributed by atoms with Crippen LogP contribution in [0.25, 0.3) is 0 Å². The molecule has 0 aromatic heterocycles. The lowest BCUT2D eigenvalue weighted by Crippen LogP contribution is -2.38. The Balaban J connectivity index is 1.53. The van der Waals surface area contributed by atoms with Crippen LogP contribution in [-0.2, 0) is 22.4 Å². The van der Waals surface area contributed by atoms with E-state index in [1.165, 1.54) is 0 Å². The second kappa shape index (κ2) is 8.86. The molecule has 0 N–H and O–H groups in total. The lowest BCUT2D eigenvalue weighted by atomic mass is 10.1. The van der Waals surface area contributed by atoms with Crippen LogP contribution in [0, 0.1) is 0 Å². The van der Waals surface area contributed by atoms with Crippen molar-refractivity contribution in [3.63, 3.8) is 0 Å². The number of hydrogen-bond donors (Lipinski definition) is 0. The van der Waals surface area contributed by atoms with Gasteiger partial charge in [0.05, 0.1) is 12.8 Å². The van der Waals surface area contributed by atoms with Gasteiger partial charge in [-0.25, -0.2) is 0 Å². The van der Waals surface area contributed by atoms with E-state index in [0.29, 0.717) is 44.0 Å². The van der Waals surface area contributed by atoms with Gasteiger partial charge >= 0.3 is 0 Å². The highest BCUT2D eigenvalue weighted by atomic mass is 35.5. The van der Waals surface area contributed by atoms with Crippen LogP contribution in [-0.4, -0.2) is 47.8 Å². The zero-order chi connectivity index (χ0) is 18.4. The van der Waals surface area contributed by atoms with Gasteiger partial charge in [0.1, 0.15) is 0 Å². The Morgan fingerprint density at radius 2 is 1.23 bits per heavy atom. The van der Waals surface area contributed by atoms with Crippen molar-refractivity contribution in [1.29, 1.82) is 0 Å². The fraction of sp³-hybridized carbons (Fsp3) is 0.333. The van der Waals surface area contributed by atoms with E-state index in [1.54, 1.807) is 12.1 Å². The SMILES string of the molecule is O=C(Cc1ccccc1)N1CCCN(C(=O)Cc2ccc(Cl)cc2)CC1. The van der Waals surface area contributed by atoms with Crippen molar-refractivity contribution in [3.8, 4) is 0 Å². The molecule has 0 radical (unpaired) electrons. The number of amides is 2. The minimum absolute atomic E-state index is 0.102. The van der Waals surface area contributed by atoms with E-state index in [4.69, 9.17) is 11.6 Å². The van der Waals surface area contributed by atoms with Crippen molar-refractivity contribution in [2.75, 3.05) is 26.2 Å². The predicted molar refractivity (Wildman–Crippen MR) is 103 cm³/mol. The van der Waals surface area contributed by atoms with Crippen LogP contribution in [0.2, 0.25) is 5.02 Å². The van der Waals surface area contributed by atoms with Crippen molar-refractivity contribution >= 4 is 23.4 Å². The van der Waals surface area contributed by atoms with Crippen LogP contribution in [0.5, 0.6) is 0 Å². The number of benzene rings is 2. The molecule has 4 nitrogen and oxygen atoms in total. The molecule has 0 unspecified atom stereocenters. The first-order valence-corrected chi connectivity index (χ1v) is 9.33. The Morgan fingerprint density at radius 1 is 0.731 bits per heavy atom. The highest BCUT2D eigenvalue weighted by Crippen LogP contribution is 2.12. The van der Waals surface area contributed by atoms with Gasteiger partial charge in [-0.05, 0) is 29.7 Å². The fourth-order valence-corrected chi connectivity index (χ4v) is 3.31. The molecule has 5 heteroatoms. The number of carbonyl (C=O) groups is 2. The summed E-state index contributed by atoms with van der Waals surface area (Å²) >= 11 is 5.89. The van der Waals surface area contributed by atoms with Gasteiger partial charge in [-0.3, -0.25) is 9.59 Å². The van der Waals surface area contributed by atoms with E-state index in [0.717, 1.165) is 17.5 Å². The first kappa shape index (κ1) is 18.5. The van der Waals surface area contributed by atoms with Crippen LogP contribution in [0.1, 0.15) is 17.5 Å². The van der Waals surface area contributed by atoms with Gasteiger partial charge in [0.2, 0.25) is 11.8 Å². The maximum atomic E-state index is 12.6. The first-order valence-electron chi connectivity index (χ1n) is 8.96. The van der Waals surface area contributed by atoms with Crippen LogP contribution in [0.15, 0.2) is 54.6 Å². The Kier molecular flexibility index (Phi) is 6.29. The van der Waals surface area contributed by atoms with Crippen LogP contribution >= 0.6 is 11.6 Å². The molecule has 2 amide bonds. The van der Waals surface area contributed by atoms with Gasteiger partial charge in [-0.1, -0.05) is 54.1 Å². The Morgan fingerprint density at radius 3 is 1.77 bits per heavy atom. The van der Waals surface area contributed by atoms with Crippen molar-refractivity contribution in [1.82, 2.24) is 9.80 Å². The molecule has 2 aromatic carbocycles. The smallest absolute Gasteiger partial charge is 0.227 e. The monoisotopic (exact) mass is 370 g/mol. The van der Waals surface area contributed by atoms with E-state index in [1.807, 2.05) is 52.3 Å². The quantitative estimate of drug-likeness (QED) is 0.829. The number of halogens is 1. The number of nitrogens with zero attached hydrogens (tertiary/aromatic N) is 2. The third kappa shape index (κ3) is 5.09. The molecule has 0 atom stereocenters. The lowest BCUT2D eigenvalue weighted by molar-refractivity contribution is -0.132. The van der Waals surface area contributed by atoms with E-state index in [9.17, 15) is 9.59 Å². The fourth-order valence-electron chi connectivity index (χ4n) is 3.19. The molecule has 1 fully saturated rings. The van der Waals surface area contributed by atoms with Gasteiger partial charge in [-0.15, -0.1) is 0 Å². The van der Waals surface area contributed by atoms with Crippen LogP contribution < -0.4 is 0 Å². The van der Waals surface area contributed by atoms with Gasteiger partial charge in [0, 0.05) is 31.2 Å². The molecule has 2 aromatic rings. The third-order valence-corrected chi connectivity index (χ3v) is 4.92. The minimum Gasteiger partial charge on any atom is -0.341 e. The van der Waals surface area contributed by atoms with E-state index < -0.39 is 0 Å². The van der Waals surface area contributed by atoms with Crippen molar-refractivity contribution in [3.05, 3.63) is 70.7 Å². The summed E-state index contributed by atoms with van der Waals surface area (Å²) in [6.07, 6.45) is 1.60. The number of carbonyl (C=O) groups excluding carboxylic acids is 2. The zero-order valence-corrected chi connectivity index (χ0v) is 15.5. The molecule has 0 aliphatic carbocycles. The summed E-state index contributed by atoms with van der Waals surface area (Å²) in [4.78, 5) is 28.8. The molecular weight excluding hydrogens is 348 g/mol. The van der Waals surface area contributed by atoms with Gasteiger partial charge < -0.3 is 9.80 Å². The summed E-state index contributed by atoms with van der Waals surface area (Å²) in [5, 5.41) is 0.670. The van der Waals surface area contributed by atoms with Crippen molar-refractivity contribution in [2.45, 2.75) is 19.3 Å². The average Bonchev–Trinajstić information content (AvgIpc) is 2.91. The molecule has 0 bridgehead atoms. The molecule has 0 saturated carbocycles. The summed E-state index contributed by atoms with van der Waals surface area (Å²) in [6.45, 7) is 2.59. The zero-order valence-electron chi connectivity index (χ0n) is 14.7. The molecule has 26 heavy (non-hydrogen) atoms. The van der Waals surface area contributed by atoms with Crippen LogP contribution in [0.3, 0.4) is 0 Å². The summed E-state index contributed by atoms with van der Waals surface area (Å²) in [5.41, 5.74) is 1.98. The summed E-state index contributed by atoms with van der Waals surface area (Å²) in [5.74, 6) is 0.230. The minimum atomic E-state index is 0.102. The Bertz CT molecular complexity index is 746. The van der Waals surface area contributed by atoms with E-state index >= 15 is 0 Å². The molecule has 1 aliphatic rings. The first-order chi connectivity index (χ1) is 12.6. The van der Waals surface area contributed by atoms with Crippen molar-refractivity contribution in [2.24, 2.45) is 0 Å². The maximum absolute atomic E-state index is 12.6. The topological polar surface area (TPSA) is 40.6 Å². The van der Waals surface area contributed by atoms with Crippen LogP contribution in [0.4, 0.5) is 0 Å². The molecule has 1 aliphatic heterocycles. The maximum Gasteiger partial charge on any atom is 0.227 e. The highest BCUT2D eigenvalue weighted by Gasteiger charge is 2.22. The van der Waals surface area contributed by atoms with Crippen molar-refractivity contribution < 1.29 is 9.59 Å². The standard InChI is InChI=1S/C21H23ClN2O2/c22-19-9-7-18(8-10-19)16-21(26)24-12-4-11-23(13-14-24)20(25)15-17-5-2-1-3-6-17/h1-3,5-10H,4,11-16H2. The number of rotatable bonds is 4. The highest BCUT2D eigenvalue weighted by molar-refractivity contribution is 6.30. The molecule has 136 valence electrons. The van der Waals surface area contributed by atoms with Gasteiger partial charge in [-0.2, -0.15) is 0 Å². The Hall–Kier alpha value is -2.33. The summed E-state index contributed by atoms with van der Waals surface area (Å²) < 4.78 is 0. The average molecular weight is 371 g/mol. The van der Waals surface area contributed by atoms with Gasteiger partial charge in [0.15, 0.2) is 0 Å². The Labute approximate surface area is 159 Å². The third-order valence-electron chi connectivity index (χ3n) is 4.67. The van der Waals surface area contributed by atoms with E-state index in [-0.39, 0.29) is 11.8 Å². The molecule has 1 saturated heterocycles. The summed E-state index contributed by atoms with van der Waals surface area (Å²) in [7, 11) is 0. The summed E-state index contributed by atoms with van der Waals surface area (Å²) in [6, 6.07) is 17.2. The largest absolute Gasteiger partial charge is 0.341 e. The molecular formula is C21H23ClN2O2. The molecule has 1 heterocycles. The second-order valence-corrected chi connectivity index (χ2v) is 7.02. The number of hydrogen-bond acceptors (Lipinski definition) is 2. The lowest BCUT2D eigenvalue weighted by Gasteiger charge is -2.22. The van der Waals surface area contributed by atoms with E-state index in [2.05, 4.69) is 0 Å². The predicted octanol–water partition coefficient (Wildman–Crippen LogP) is 3.19.